The lowest BCUT2D eigenvalue weighted by molar-refractivity contribution is -0.384. The normalized spacial score (nSPS) is 18.2. The van der Waals surface area contributed by atoms with Crippen molar-refractivity contribution in [2.45, 2.75) is 46.3 Å². The number of aliphatic imine (C=N–C) groups is 1. The number of hydrogen-bond acceptors (Lipinski definition) is 8. The Morgan fingerprint density at radius 3 is 2.67 bits per heavy atom. The summed E-state index contributed by atoms with van der Waals surface area (Å²) in [7, 11) is 0. The molecule has 0 bridgehead atoms. The minimum atomic E-state index is -0.944. The molecule has 0 fully saturated rings. The van der Waals surface area contributed by atoms with Crippen molar-refractivity contribution in [3.63, 3.8) is 0 Å². The first-order chi connectivity index (χ1) is 15.7. The van der Waals surface area contributed by atoms with Crippen LogP contribution in [0.5, 0.6) is 0 Å². The van der Waals surface area contributed by atoms with Crippen molar-refractivity contribution in [3.05, 3.63) is 69.9 Å². The number of carbonyl (C=O) groups is 2. The number of nitro groups is 1. The van der Waals surface area contributed by atoms with Crippen molar-refractivity contribution in [2.75, 3.05) is 6.61 Å². The lowest BCUT2D eigenvalue weighted by Crippen LogP contribution is -2.38. The highest BCUT2D eigenvalue weighted by atomic mass is 16.6. The van der Waals surface area contributed by atoms with Gasteiger partial charge in [-0.3, -0.25) is 19.9 Å². The number of non-ortho nitro benzene ring substituents is 1. The third-order valence-corrected chi connectivity index (χ3v) is 5.15. The molecule has 0 saturated heterocycles. The van der Waals surface area contributed by atoms with Crippen molar-refractivity contribution >= 4 is 23.3 Å². The Balaban J connectivity index is 2.23. The zero-order valence-corrected chi connectivity index (χ0v) is 18.9. The van der Waals surface area contributed by atoms with Gasteiger partial charge in [0.05, 0.1) is 41.8 Å². The van der Waals surface area contributed by atoms with Crippen LogP contribution >= 0.6 is 0 Å². The van der Waals surface area contributed by atoms with Gasteiger partial charge in [-0.1, -0.05) is 12.1 Å². The summed E-state index contributed by atoms with van der Waals surface area (Å²) in [6, 6.07) is 5.90. The van der Waals surface area contributed by atoms with Gasteiger partial charge in [-0.05, 0) is 33.3 Å². The van der Waals surface area contributed by atoms with E-state index < -0.39 is 34.8 Å². The van der Waals surface area contributed by atoms with Crippen LogP contribution in [0.2, 0.25) is 0 Å². The minimum absolute atomic E-state index is 0.117. The van der Waals surface area contributed by atoms with Gasteiger partial charge in [0.15, 0.2) is 0 Å². The largest absolute Gasteiger partial charge is 0.463 e. The molecule has 2 aromatic rings. The molecule has 1 aromatic heterocycles. The van der Waals surface area contributed by atoms with Crippen LogP contribution in [-0.2, 0) is 25.6 Å². The molecule has 2 heterocycles. The number of imidazole rings is 1. The molecule has 0 spiro atoms. The van der Waals surface area contributed by atoms with E-state index in [0.29, 0.717) is 17.0 Å². The van der Waals surface area contributed by atoms with Gasteiger partial charge in [-0.15, -0.1) is 0 Å². The first kappa shape index (κ1) is 23.8. The van der Waals surface area contributed by atoms with Crippen molar-refractivity contribution in [1.82, 2.24) is 9.55 Å². The van der Waals surface area contributed by atoms with Crippen LogP contribution in [0.25, 0.3) is 0 Å². The average molecular weight is 454 g/mol. The minimum Gasteiger partial charge on any atom is -0.463 e. The Hall–Kier alpha value is -3.82. The molecule has 1 aromatic carbocycles. The van der Waals surface area contributed by atoms with E-state index in [2.05, 4.69) is 9.98 Å². The Morgan fingerprint density at radius 2 is 2.06 bits per heavy atom. The third kappa shape index (κ3) is 5.33. The first-order valence-electron chi connectivity index (χ1n) is 10.6. The zero-order valence-electron chi connectivity index (χ0n) is 18.9. The molecule has 10 heteroatoms. The summed E-state index contributed by atoms with van der Waals surface area (Å²) in [5.41, 5.74) is 1.29. The highest BCUT2D eigenvalue weighted by molar-refractivity contribution is 6.07. The molecule has 1 aliphatic rings. The molecule has 0 N–H and O–H groups in total. The van der Waals surface area contributed by atoms with Crippen LogP contribution < -0.4 is 0 Å². The van der Waals surface area contributed by atoms with E-state index in [1.807, 2.05) is 0 Å². The molecule has 0 amide bonds. The smallest absolute Gasteiger partial charge is 0.336 e. The van der Waals surface area contributed by atoms with E-state index in [9.17, 15) is 19.7 Å². The van der Waals surface area contributed by atoms with Crippen LogP contribution in [0.15, 0.2) is 59.2 Å². The Bertz CT molecular complexity index is 1100. The van der Waals surface area contributed by atoms with Gasteiger partial charge in [0.25, 0.3) is 5.69 Å². The molecule has 174 valence electrons. The standard InChI is InChI=1S/C23H26N4O6/c1-5-32-22(28)21-18(12-26-10-9-24-13-26)25-15(4)19(23(29)33-14(2)3)20(21)16-7-6-8-17(11-16)27(30)31/h6-11,13-14,19-20H,5,12H2,1-4H3. The van der Waals surface area contributed by atoms with E-state index in [1.165, 1.54) is 18.2 Å². The van der Waals surface area contributed by atoms with Gasteiger partial charge >= 0.3 is 11.9 Å². The van der Waals surface area contributed by atoms with Gasteiger partial charge in [-0.2, -0.15) is 0 Å². The van der Waals surface area contributed by atoms with E-state index in [0.717, 1.165) is 0 Å². The van der Waals surface area contributed by atoms with Gasteiger partial charge < -0.3 is 14.0 Å². The van der Waals surface area contributed by atoms with Crippen molar-refractivity contribution < 1.29 is 24.0 Å². The fraction of sp³-hybridized carbons (Fsp3) is 0.391. The molecular formula is C23H26N4O6. The topological polar surface area (TPSA) is 126 Å². The number of hydrogen-bond donors (Lipinski definition) is 0. The molecule has 0 aliphatic carbocycles. The molecule has 1 aliphatic heterocycles. The summed E-state index contributed by atoms with van der Waals surface area (Å²) < 4.78 is 12.5. The SMILES string of the molecule is CCOC(=O)C1=C(Cn2ccnc2)N=C(C)C(C(=O)OC(C)C)C1c1cccc([N+](=O)[O-])c1. The van der Waals surface area contributed by atoms with Gasteiger partial charge in [0.2, 0.25) is 0 Å². The Labute approximate surface area is 191 Å². The summed E-state index contributed by atoms with van der Waals surface area (Å²) in [6.07, 6.45) is 4.52. The second kappa shape index (κ2) is 10.2. The van der Waals surface area contributed by atoms with Gasteiger partial charge in [0, 0.05) is 36.2 Å². The summed E-state index contributed by atoms with van der Waals surface area (Å²) in [4.78, 5) is 45.9. The molecule has 0 radical (unpaired) electrons. The number of aromatic nitrogens is 2. The number of nitro benzene ring substituents is 1. The number of ether oxygens (including phenoxy) is 2. The highest BCUT2D eigenvalue weighted by Gasteiger charge is 2.43. The van der Waals surface area contributed by atoms with Crippen LogP contribution in [0, 0.1) is 16.0 Å². The van der Waals surface area contributed by atoms with E-state index >= 15 is 0 Å². The average Bonchev–Trinajstić information content (AvgIpc) is 3.26. The summed E-state index contributed by atoms with van der Waals surface area (Å²) in [5, 5.41) is 11.4. The van der Waals surface area contributed by atoms with E-state index in [1.54, 1.807) is 57.0 Å². The van der Waals surface area contributed by atoms with Crippen molar-refractivity contribution in [2.24, 2.45) is 10.9 Å². The third-order valence-electron chi connectivity index (χ3n) is 5.15. The van der Waals surface area contributed by atoms with Crippen LogP contribution in [-0.4, -0.2) is 44.8 Å². The second-order valence-corrected chi connectivity index (χ2v) is 7.86. The Kier molecular flexibility index (Phi) is 7.37. The maximum absolute atomic E-state index is 13.2. The molecule has 2 atom stereocenters. The lowest BCUT2D eigenvalue weighted by atomic mass is 9.75. The number of nitrogens with zero attached hydrogens (tertiary/aromatic N) is 4. The number of rotatable bonds is 8. The first-order valence-corrected chi connectivity index (χ1v) is 10.6. The lowest BCUT2D eigenvalue weighted by Gasteiger charge is -2.32. The summed E-state index contributed by atoms with van der Waals surface area (Å²) in [5.74, 6) is -3.01. The van der Waals surface area contributed by atoms with E-state index in [-0.39, 0.29) is 24.4 Å². The maximum Gasteiger partial charge on any atom is 0.336 e. The van der Waals surface area contributed by atoms with Crippen LogP contribution in [0.1, 0.15) is 39.2 Å². The fourth-order valence-corrected chi connectivity index (χ4v) is 3.86. The maximum atomic E-state index is 13.2. The number of carbonyl (C=O) groups excluding carboxylic acids is 2. The summed E-state index contributed by atoms with van der Waals surface area (Å²) in [6.45, 7) is 7.14. The zero-order chi connectivity index (χ0) is 24.1. The molecule has 0 saturated carbocycles. The quantitative estimate of drug-likeness (QED) is 0.340. The molecular weight excluding hydrogens is 428 g/mol. The predicted octanol–water partition coefficient (Wildman–Crippen LogP) is 3.43. The molecule has 10 nitrogen and oxygen atoms in total. The van der Waals surface area contributed by atoms with Crippen LogP contribution in [0.4, 0.5) is 5.69 Å². The number of benzene rings is 1. The van der Waals surface area contributed by atoms with Crippen LogP contribution in [0.3, 0.4) is 0 Å². The Morgan fingerprint density at radius 1 is 1.30 bits per heavy atom. The fourth-order valence-electron chi connectivity index (χ4n) is 3.86. The van der Waals surface area contributed by atoms with Gasteiger partial charge in [-0.25, -0.2) is 9.78 Å². The predicted molar refractivity (Wildman–Crippen MR) is 120 cm³/mol. The summed E-state index contributed by atoms with van der Waals surface area (Å²) >= 11 is 0. The van der Waals surface area contributed by atoms with E-state index in [4.69, 9.17) is 9.47 Å². The highest BCUT2D eigenvalue weighted by Crippen LogP contribution is 2.41. The number of esters is 2. The van der Waals surface area contributed by atoms with Gasteiger partial charge in [0.1, 0.15) is 5.92 Å². The van der Waals surface area contributed by atoms with Crippen molar-refractivity contribution in [1.29, 1.82) is 0 Å². The number of allylic oxidation sites excluding steroid dienone is 1. The molecule has 2 unspecified atom stereocenters. The molecule has 33 heavy (non-hydrogen) atoms. The monoisotopic (exact) mass is 454 g/mol. The van der Waals surface area contributed by atoms with Crippen molar-refractivity contribution in [3.8, 4) is 0 Å². The molecule has 3 rings (SSSR count). The second-order valence-electron chi connectivity index (χ2n) is 7.86.